The molecule has 1 aliphatic rings. The average Bonchev–Trinajstić information content (AvgIpc) is 2.97. The minimum Gasteiger partial charge on any atom is -0.444 e. The lowest BCUT2D eigenvalue weighted by molar-refractivity contribution is 0.0222. The molecule has 2 aromatic rings. The van der Waals surface area contributed by atoms with E-state index in [4.69, 9.17) is 4.74 Å². The highest BCUT2D eigenvalue weighted by Crippen LogP contribution is 2.25. The number of anilines is 1. The number of nitrogens with one attached hydrogen (secondary N) is 1. The summed E-state index contributed by atoms with van der Waals surface area (Å²) >= 11 is 0. The third kappa shape index (κ3) is 4.78. The van der Waals surface area contributed by atoms with Crippen molar-refractivity contribution in [3.05, 3.63) is 46.8 Å². The Hall–Kier alpha value is -2.83. The Balaban J connectivity index is 1.78. The van der Waals surface area contributed by atoms with Crippen LogP contribution < -0.4 is 5.32 Å². The third-order valence-corrected chi connectivity index (χ3v) is 4.94. The lowest BCUT2D eigenvalue weighted by atomic mass is 10.0. The van der Waals surface area contributed by atoms with Crippen LogP contribution in [-0.2, 0) is 24.8 Å². The van der Waals surface area contributed by atoms with Gasteiger partial charge in [0.1, 0.15) is 5.60 Å². The fraction of sp³-hybridized carbons (Fsp3) is 0.500. The fourth-order valence-corrected chi connectivity index (χ4v) is 3.40. The molecule has 0 aliphatic carbocycles. The minimum absolute atomic E-state index is 0.273. The molecule has 2 amide bonds. The highest BCUT2D eigenvalue weighted by molar-refractivity contribution is 6.04. The summed E-state index contributed by atoms with van der Waals surface area (Å²) in [6.07, 6.45) is 0.261. The molecule has 7 nitrogen and oxygen atoms in total. The van der Waals surface area contributed by atoms with Crippen LogP contribution in [0.1, 0.15) is 67.8 Å². The lowest BCUT2D eigenvalue weighted by Crippen LogP contribution is -2.40. The van der Waals surface area contributed by atoms with Gasteiger partial charge < -0.3 is 15.0 Å². The highest BCUT2D eigenvalue weighted by Gasteiger charge is 2.31. The topological polar surface area (TPSA) is 76.5 Å². The first-order valence-corrected chi connectivity index (χ1v) is 9.99. The van der Waals surface area contributed by atoms with Crippen LogP contribution in [-0.4, -0.2) is 38.8 Å². The Morgan fingerprint density at radius 1 is 1.17 bits per heavy atom. The van der Waals surface area contributed by atoms with Gasteiger partial charge in [0.25, 0.3) is 5.91 Å². The first-order valence-electron chi connectivity index (χ1n) is 9.99. The van der Waals surface area contributed by atoms with Crippen LogP contribution in [0.25, 0.3) is 0 Å². The third-order valence-electron chi connectivity index (χ3n) is 4.94. The smallest absolute Gasteiger partial charge is 0.410 e. The van der Waals surface area contributed by atoms with Crippen LogP contribution in [0, 0.1) is 0 Å². The number of amides is 2. The number of fused-ring (bicyclic) bond motifs is 1. The van der Waals surface area contributed by atoms with E-state index in [1.807, 2.05) is 52.1 Å². The molecule has 0 saturated heterocycles. The van der Waals surface area contributed by atoms with Crippen LogP contribution in [0.15, 0.2) is 24.3 Å². The summed E-state index contributed by atoms with van der Waals surface area (Å²) in [7, 11) is 1.83. The Morgan fingerprint density at radius 2 is 1.83 bits per heavy atom. The van der Waals surface area contributed by atoms with E-state index in [0.29, 0.717) is 31.1 Å². The zero-order chi connectivity index (χ0) is 21.3. The Morgan fingerprint density at radius 3 is 2.41 bits per heavy atom. The van der Waals surface area contributed by atoms with Gasteiger partial charge in [0.05, 0.1) is 6.54 Å². The van der Waals surface area contributed by atoms with Crippen molar-refractivity contribution in [1.29, 1.82) is 0 Å². The molecule has 0 spiro atoms. The Kier molecular flexibility index (Phi) is 5.68. The molecule has 2 heterocycles. The number of hydrogen-bond donors (Lipinski definition) is 1. The number of nitrogens with zero attached hydrogens (tertiary/aromatic N) is 3. The molecule has 1 N–H and O–H groups in total. The van der Waals surface area contributed by atoms with Crippen molar-refractivity contribution < 1.29 is 14.3 Å². The van der Waals surface area contributed by atoms with E-state index in [1.54, 1.807) is 9.58 Å². The normalized spacial score (nSPS) is 14.0. The summed E-state index contributed by atoms with van der Waals surface area (Å²) < 4.78 is 7.22. The molecule has 1 aromatic heterocycles. The number of aromatic nitrogens is 2. The standard InChI is InChI=1S/C22H30N4O3/c1-14(2)15-7-9-16(10-8-15)23-20(27)19-17-13-26(21(28)29-22(3,4)5)12-11-18(17)25(6)24-19/h7-10,14H,11-13H2,1-6H3,(H,23,27). The molecule has 156 valence electrons. The second kappa shape index (κ2) is 7.89. The quantitative estimate of drug-likeness (QED) is 0.845. The maximum atomic E-state index is 12.9. The zero-order valence-electron chi connectivity index (χ0n) is 18.1. The molecular formula is C22H30N4O3. The monoisotopic (exact) mass is 398 g/mol. The van der Waals surface area contributed by atoms with Crippen LogP contribution in [0.2, 0.25) is 0 Å². The van der Waals surface area contributed by atoms with Crippen molar-refractivity contribution in [2.75, 3.05) is 11.9 Å². The molecule has 29 heavy (non-hydrogen) atoms. The van der Waals surface area contributed by atoms with Crippen LogP contribution >= 0.6 is 0 Å². The number of hydrogen-bond acceptors (Lipinski definition) is 4. The molecule has 0 fully saturated rings. The minimum atomic E-state index is -0.561. The van der Waals surface area contributed by atoms with E-state index >= 15 is 0 Å². The van der Waals surface area contributed by atoms with E-state index < -0.39 is 5.60 Å². The van der Waals surface area contributed by atoms with Crippen molar-refractivity contribution in [3.63, 3.8) is 0 Å². The van der Waals surface area contributed by atoms with Gasteiger partial charge >= 0.3 is 6.09 Å². The first kappa shape index (κ1) is 20.9. The van der Waals surface area contributed by atoms with Gasteiger partial charge in [-0.25, -0.2) is 4.79 Å². The Bertz CT molecular complexity index is 907. The molecule has 1 aromatic carbocycles. The molecular weight excluding hydrogens is 368 g/mol. The number of carbonyl (C=O) groups is 2. The van der Waals surface area contributed by atoms with Crippen molar-refractivity contribution in [1.82, 2.24) is 14.7 Å². The predicted octanol–water partition coefficient (Wildman–Crippen LogP) is 4.09. The van der Waals surface area contributed by atoms with Crippen LogP contribution in [0.4, 0.5) is 10.5 Å². The predicted molar refractivity (Wildman–Crippen MR) is 112 cm³/mol. The van der Waals surface area contributed by atoms with Gasteiger partial charge in [0.15, 0.2) is 5.69 Å². The van der Waals surface area contributed by atoms with Crippen molar-refractivity contribution in [2.45, 2.75) is 59.1 Å². The van der Waals surface area contributed by atoms with E-state index in [1.165, 1.54) is 5.56 Å². The zero-order valence-corrected chi connectivity index (χ0v) is 18.1. The summed E-state index contributed by atoms with van der Waals surface area (Å²) in [5, 5.41) is 7.35. The summed E-state index contributed by atoms with van der Waals surface area (Å²) in [6.45, 7) is 10.6. The van der Waals surface area contributed by atoms with E-state index in [0.717, 1.165) is 16.9 Å². The van der Waals surface area contributed by atoms with Gasteiger partial charge in [0.2, 0.25) is 0 Å². The fourth-order valence-electron chi connectivity index (χ4n) is 3.40. The van der Waals surface area contributed by atoms with Gasteiger partial charge in [-0.2, -0.15) is 5.10 Å². The molecule has 1 aliphatic heterocycles. The summed E-state index contributed by atoms with van der Waals surface area (Å²) in [4.78, 5) is 27.0. The largest absolute Gasteiger partial charge is 0.444 e. The molecule has 0 bridgehead atoms. The summed E-state index contributed by atoms with van der Waals surface area (Å²) in [5.74, 6) is 0.159. The second-order valence-electron chi connectivity index (χ2n) is 8.78. The highest BCUT2D eigenvalue weighted by atomic mass is 16.6. The number of benzene rings is 1. The summed E-state index contributed by atoms with van der Waals surface area (Å²) in [6, 6.07) is 7.82. The van der Waals surface area contributed by atoms with Gasteiger partial charge in [-0.1, -0.05) is 26.0 Å². The van der Waals surface area contributed by atoms with Gasteiger partial charge in [-0.3, -0.25) is 9.48 Å². The maximum absolute atomic E-state index is 12.9. The van der Waals surface area contributed by atoms with Gasteiger partial charge in [-0.05, 0) is 44.4 Å². The number of aryl methyl sites for hydroxylation is 1. The maximum Gasteiger partial charge on any atom is 0.410 e. The number of rotatable bonds is 3. The van der Waals surface area contributed by atoms with Crippen molar-refractivity contribution in [2.24, 2.45) is 7.05 Å². The number of carbonyl (C=O) groups excluding carboxylic acids is 2. The average molecular weight is 399 g/mol. The molecule has 0 radical (unpaired) electrons. The Labute approximate surface area is 172 Å². The van der Waals surface area contributed by atoms with Gasteiger partial charge in [0, 0.05) is 37.0 Å². The molecule has 0 atom stereocenters. The second-order valence-corrected chi connectivity index (χ2v) is 8.78. The molecule has 0 saturated carbocycles. The number of ether oxygens (including phenoxy) is 1. The molecule has 7 heteroatoms. The SMILES string of the molecule is CC(C)c1ccc(NC(=O)c2nn(C)c3c2CN(C(=O)OC(C)(C)C)CC3)cc1. The van der Waals surface area contributed by atoms with E-state index in [-0.39, 0.29) is 12.0 Å². The van der Waals surface area contributed by atoms with Gasteiger partial charge in [-0.15, -0.1) is 0 Å². The molecule has 3 rings (SSSR count). The van der Waals surface area contributed by atoms with Crippen molar-refractivity contribution >= 4 is 17.7 Å². The van der Waals surface area contributed by atoms with E-state index in [2.05, 4.69) is 24.3 Å². The summed E-state index contributed by atoms with van der Waals surface area (Å²) in [5.41, 5.74) is 3.48. The van der Waals surface area contributed by atoms with Crippen LogP contribution in [0.5, 0.6) is 0 Å². The van der Waals surface area contributed by atoms with E-state index in [9.17, 15) is 9.59 Å². The van der Waals surface area contributed by atoms with Crippen LogP contribution in [0.3, 0.4) is 0 Å². The molecule has 0 unspecified atom stereocenters. The van der Waals surface area contributed by atoms with Crippen molar-refractivity contribution in [3.8, 4) is 0 Å². The lowest BCUT2D eigenvalue weighted by Gasteiger charge is -2.30. The first-order chi connectivity index (χ1) is 13.5.